The van der Waals surface area contributed by atoms with Gasteiger partial charge < -0.3 is 15.4 Å². The third-order valence-corrected chi connectivity index (χ3v) is 3.60. The molecule has 92 valence electrons. The maximum atomic E-state index is 5.84. The number of aromatic nitrogens is 1. The van der Waals surface area contributed by atoms with E-state index in [4.69, 9.17) is 10.5 Å². The summed E-state index contributed by atoms with van der Waals surface area (Å²) in [4.78, 5) is 6.96. The van der Waals surface area contributed by atoms with E-state index in [0.29, 0.717) is 18.8 Å². The van der Waals surface area contributed by atoms with Crippen LogP contribution in [-0.4, -0.2) is 30.3 Å². The first-order chi connectivity index (χ1) is 8.24. The van der Waals surface area contributed by atoms with Gasteiger partial charge in [0.05, 0.1) is 12.2 Å². The van der Waals surface area contributed by atoms with Crippen molar-refractivity contribution in [2.45, 2.75) is 38.5 Å². The summed E-state index contributed by atoms with van der Waals surface area (Å²) in [5.74, 6) is 1.06. The van der Waals surface area contributed by atoms with Crippen molar-refractivity contribution in [3.05, 3.63) is 23.4 Å². The van der Waals surface area contributed by atoms with Gasteiger partial charge in [-0.25, -0.2) is 4.98 Å². The van der Waals surface area contributed by atoms with Crippen molar-refractivity contribution in [1.82, 2.24) is 4.98 Å². The molecule has 0 radical (unpaired) electrons. The van der Waals surface area contributed by atoms with Crippen LogP contribution < -0.4 is 10.6 Å². The second-order valence-electron chi connectivity index (χ2n) is 5.04. The zero-order chi connectivity index (χ0) is 11.8. The van der Waals surface area contributed by atoms with E-state index >= 15 is 0 Å². The Morgan fingerprint density at radius 2 is 2.06 bits per heavy atom. The van der Waals surface area contributed by atoms with Crippen LogP contribution in [0.3, 0.4) is 0 Å². The van der Waals surface area contributed by atoms with Crippen LogP contribution in [0.1, 0.15) is 24.1 Å². The number of rotatable bonds is 2. The van der Waals surface area contributed by atoms with Gasteiger partial charge in [0.15, 0.2) is 0 Å². The highest BCUT2D eigenvalue weighted by atomic mass is 16.5. The third kappa shape index (κ3) is 2.15. The van der Waals surface area contributed by atoms with Gasteiger partial charge in [-0.3, -0.25) is 0 Å². The summed E-state index contributed by atoms with van der Waals surface area (Å²) in [5, 5.41) is 0. The summed E-state index contributed by atoms with van der Waals surface area (Å²) in [6, 6.07) is 4.16. The summed E-state index contributed by atoms with van der Waals surface area (Å²) in [7, 11) is 0. The summed E-state index contributed by atoms with van der Waals surface area (Å²) >= 11 is 0. The van der Waals surface area contributed by atoms with Crippen molar-refractivity contribution in [3.63, 3.8) is 0 Å². The van der Waals surface area contributed by atoms with Crippen molar-refractivity contribution in [1.29, 1.82) is 0 Å². The molecule has 4 heteroatoms. The average Bonchev–Trinajstić information content (AvgIpc) is 2.67. The average molecular weight is 233 g/mol. The normalized spacial score (nSPS) is 27.5. The minimum atomic E-state index is 0.400. The molecule has 2 fully saturated rings. The first-order valence-electron chi connectivity index (χ1n) is 6.32. The van der Waals surface area contributed by atoms with Gasteiger partial charge in [0, 0.05) is 25.3 Å². The number of aryl methyl sites for hydroxylation is 1. The summed E-state index contributed by atoms with van der Waals surface area (Å²) in [6.07, 6.45) is 3.18. The van der Waals surface area contributed by atoms with Crippen molar-refractivity contribution >= 4 is 5.82 Å². The molecule has 0 amide bonds. The van der Waals surface area contributed by atoms with Gasteiger partial charge in [-0.15, -0.1) is 0 Å². The van der Waals surface area contributed by atoms with Gasteiger partial charge in [-0.1, -0.05) is 0 Å². The largest absolute Gasteiger partial charge is 0.371 e. The number of nitrogens with zero attached hydrogens (tertiary/aromatic N) is 2. The molecule has 0 saturated carbocycles. The van der Waals surface area contributed by atoms with Gasteiger partial charge in [-0.05, 0) is 37.5 Å². The lowest BCUT2D eigenvalue weighted by molar-refractivity contribution is 0.0302. The molecule has 2 saturated heterocycles. The second kappa shape index (κ2) is 4.27. The molecule has 1 aromatic heterocycles. The Labute approximate surface area is 102 Å². The Hall–Kier alpha value is -1.13. The van der Waals surface area contributed by atoms with Crippen molar-refractivity contribution < 1.29 is 4.74 Å². The van der Waals surface area contributed by atoms with E-state index in [-0.39, 0.29) is 0 Å². The van der Waals surface area contributed by atoms with E-state index in [9.17, 15) is 0 Å². The molecule has 3 heterocycles. The smallest absolute Gasteiger partial charge is 0.129 e. The molecular weight excluding hydrogens is 214 g/mol. The fraction of sp³-hybridized carbons (Fsp3) is 0.615. The number of fused-ring (bicyclic) bond motifs is 2. The lowest BCUT2D eigenvalue weighted by Gasteiger charge is -2.33. The van der Waals surface area contributed by atoms with E-state index in [0.717, 1.165) is 30.2 Å². The fourth-order valence-corrected chi connectivity index (χ4v) is 2.80. The molecule has 3 rings (SSSR count). The van der Waals surface area contributed by atoms with Crippen molar-refractivity contribution in [2.75, 3.05) is 18.0 Å². The minimum absolute atomic E-state index is 0.400. The molecule has 4 nitrogen and oxygen atoms in total. The zero-order valence-electron chi connectivity index (χ0n) is 10.2. The van der Waals surface area contributed by atoms with Gasteiger partial charge in [0.2, 0.25) is 0 Å². The predicted octanol–water partition coefficient (Wildman–Crippen LogP) is 1.22. The molecule has 2 bridgehead atoms. The van der Waals surface area contributed by atoms with E-state index in [2.05, 4.69) is 22.0 Å². The van der Waals surface area contributed by atoms with E-state index < -0.39 is 0 Å². The second-order valence-corrected chi connectivity index (χ2v) is 5.04. The molecule has 2 atom stereocenters. The van der Waals surface area contributed by atoms with Crippen LogP contribution in [0.4, 0.5) is 5.82 Å². The van der Waals surface area contributed by atoms with E-state index in [1.165, 1.54) is 12.8 Å². The standard InChI is InChI=1S/C13H19N3O/c1-9-4-10(6-14)5-13(15-9)16-7-11-2-3-12(8-16)17-11/h4-5,11-12H,2-3,6-8,14H2,1H3. The first kappa shape index (κ1) is 11.0. The third-order valence-electron chi connectivity index (χ3n) is 3.60. The number of hydrogen-bond acceptors (Lipinski definition) is 4. The van der Waals surface area contributed by atoms with Crippen LogP contribution in [0.5, 0.6) is 0 Å². The van der Waals surface area contributed by atoms with Crippen molar-refractivity contribution in [2.24, 2.45) is 5.73 Å². The lowest BCUT2D eigenvalue weighted by atomic mass is 10.2. The number of nitrogens with two attached hydrogens (primary N) is 1. The SMILES string of the molecule is Cc1cc(CN)cc(N2CC3CCC(C2)O3)n1. The maximum absolute atomic E-state index is 5.84. The Morgan fingerprint density at radius 1 is 1.35 bits per heavy atom. The van der Waals surface area contributed by atoms with Gasteiger partial charge in [0.1, 0.15) is 5.82 Å². The Bertz CT molecular complexity index is 409. The monoisotopic (exact) mass is 233 g/mol. The van der Waals surface area contributed by atoms with Crippen LogP contribution >= 0.6 is 0 Å². The van der Waals surface area contributed by atoms with Crippen LogP contribution in [0, 0.1) is 6.92 Å². The highest BCUT2D eigenvalue weighted by Crippen LogP contribution is 2.29. The predicted molar refractivity (Wildman–Crippen MR) is 67.0 cm³/mol. The Balaban J connectivity index is 1.86. The molecule has 2 aliphatic rings. The number of pyridine rings is 1. The van der Waals surface area contributed by atoms with E-state index in [1.54, 1.807) is 0 Å². The summed E-state index contributed by atoms with van der Waals surface area (Å²) in [5.41, 5.74) is 7.92. The quantitative estimate of drug-likeness (QED) is 0.834. The number of anilines is 1. The molecule has 0 aromatic carbocycles. The van der Waals surface area contributed by atoms with Crippen LogP contribution in [0.2, 0.25) is 0 Å². The number of ether oxygens (including phenoxy) is 1. The first-order valence-corrected chi connectivity index (χ1v) is 6.32. The molecule has 2 N–H and O–H groups in total. The molecule has 0 spiro atoms. The highest BCUT2D eigenvalue weighted by molar-refractivity contribution is 5.43. The minimum Gasteiger partial charge on any atom is -0.371 e. The van der Waals surface area contributed by atoms with Crippen LogP contribution in [-0.2, 0) is 11.3 Å². The summed E-state index contributed by atoms with van der Waals surface area (Å²) in [6.45, 7) is 4.54. The topological polar surface area (TPSA) is 51.4 Å². The van der Waals surface area contributed by atoms with Gasteiger partial charge >= 0.3 is 0 Å². The Kier molecular flexibility index (Phi) is 2.76. The van der Waals surface area contributed by atoms with Gasteiger partial charge in [0.25, 0.3) is 0 Å². The maximum Gasteiger partial charge on any atom is 0.129 e. The molecular formula is C13H19N3O. The Morgan fingerprint density at radius 3 is 2.71 bits per heavy atom. The summed E-state index contributed by atoms with van der Waals surface area (Å²) < 4.78 is 5.84. The molecule has 1 aromatic rings. The van der Waals surface area contributed by atoms with Crippen LogP contribution in [0.25, 0.3) is 0 Å². The molecule has 2 unspecified atom stereocenters. The van der Waals surface area contributed by atoms with Crippen molar-refractivity contribution in [3.8, 4) is 0 Å². The fourth-order valence-electron chi connectivity index (χ4n) is 2.80. The zero-order valence-corrected chi connectivity index (χ0v) is 10.2. The highest BCUT2D eigenvalue weighted by Gasteiger charge is 2.34. The lowest BCUT2D eigenvalue weighted by Crippen LogP contribution is -2.43. The molecule has 0 aliphatic carbocycles. The van der Waals surface area contributed by atoms with Crippen LogP contribution in [0.15, 0.2) is 12.1 Å². The molecule has 17 heavy (non-hydrogen) atoms. The van der Waals surface area contributed by atoms with Gasteiger partial charge in [-0.2, -0.15) is 0 Å². The number of hydrogen-bond donors (Lipinski definition) is 1. The van der Waals surface area contributed by atoms with E-state index in [1.807, 2.05) is 6.92 Å². The number of morpholine rings is 1. The molecule has 2 aliphatic heterocycles.